The fourth-order valence-corrected chi connectivity index (χ4v) is 4.77. The number of ether oxygens (including phenoxy) is 1. The Morgan fingerprint density at radius 1 is 1.34 bits per heavy atom. The zero-order chi connectivity index (χ0) is 25.8. The molecule has 1 atom stereocenters. The quantitative estimate of drug-likeness (QED) is 0.399. The standard InChI is InChI=1S/C25H34ClF2N3O4/c1-4-6-18(32)16-7-8-17(19(13-16)35-24(27)28)22-20(26)21(30-31(22)5-2)23(33)29-14-25(34)11-9-15(3)10-12-25/h7-8,13,15,18,24,32,34H,4-6,9-12,14H2,1-3H3,(H,29,33). The summed E-state index contributed by atoms with van der Waals surface area (Å²) < 4.78 is 32.7. The van der Waals surface area contributed by atoms with E-state index in [0.717, 1.165) is 19.3 Å². The van der Waals surface area contributed by atoms with Crippen molar-refractivity contribution >= 4 is 17.5 Å². The van der Waals surface area contributed by atoms with Gasteiger partial charge in [0.05, 0.1) is 22.4 Å². The van der Waals surface area contributed by atoms with Gasteiger partial charge in [-0.15, -0.1) is 0 Å². The first-order valence-electron chi connectivity index (χ1n) is 12.1. The summed E-state index contributed by atoms with van der Waals surface area (Å²) in [6, 6.07) is 4.52. The topological polar surface area (TPSA) is 96.6 Å². The molecule has 0 aliphatic heterocycles. The van der Waals surface area contributed by atoms with E-state index in [1.165, 1.54) is 16.8 Å². The molecule has 7 nitrogen and oxygen atoms in total. The van der Waals surface area contributed by atoms with Gasteiger partial charge in [-0.3, -0.25) is 9.48 Å². The minimum absolute atomic E-state index is 0.00502. The monoisotopic (exact) mass is 513 g/mol. The van der Waals surface area contributed by atoms with Crippen LogP contribution in [0.25, 0.3) is 11.3 Å². The molecule has 0 saturated heterocycles. The summed E-state index contributed by atoms with van der Waals surface area (Å²) in [5.74, 6) is -0.175. The highest BCUT2D eigenvalue weighted by atomic mass is 35.5. The summed E-state index contributed by atoms with van der Waals surface area (Å²) in [6.07, 6.45) is 3.33. The van der Waals surface area contributed by atoms with Gasteiger partial charge in [0.1, 0.15) is 5.75 Å². The Balaban J connectivity index is 1.91. The van der Waals surface area contributed by atoms with E-state index in [2.05, 4.69) is 17.3 Å². The van der Waals surface area contributed by atoms with Crippen molar-refractivity contribution in [3.63, 3.8) is 0 Å². The van der Waals surface area contributed by atoms with Crippen LogP contribution in [0.1, 0.15) is 81.5 Å². The number of alkyl halides is 2. The molecule has 3 N–H and O–H groups in total. The second-order valence-corrected chi connectivity index (χ2v) is 9.73. The lowest BCUT2D eigenvalue weighted by Gasteiger charge is -2.34. The number of aliphatic hydroxyl groups is 2. The van der Waals surface area contributed by atoms with Crippen LogP contribution in [-0.4, -0.2) is 44.7 Å². The number of carbonyl (C=O) groups is 1. The molecule has 1 aliphatic rings. The Kier molecular flexibility index (Phi) is 9.12. The fraction of sp³-hybridized carbons (Fsp3) is 0.600. The van der Waals surface area contributed by atoms with Crippen molar-refractivity contribution in [2.75, 3.05) is 6.54 Å². The third-order valence-electron chi connectivity index (χ3n) is 6.62. The maximum absolute atomic E-state index is 13.2. The van der Waals surface area contributed by atoms with Gasteiger partial charge in [-0.25, -0.2) is 0 Å². The van der Waals surface area contributed by atoms with Gasteiger partial charge in [0.25, 0.3) is 5.91 Å². The number of benzene rings is 1. The summed E-state index contributed by atoms with van der Waals surface area (Å²) in [7, 11) is 0. The number of nitrogens with zero attached hydrogens (tertiary/aromatic N) is 2. The summed E-state index contributed by atoms with van der Waals surface area (Å²) in [5, 5.41) is 28.1. The number of aliphatic hydroxyl groups excluding tert-OH is 1. The van der Waals surface area contributed by atoms with E-state index in [1.54, 1.807) is 13.0 Å². The summed E-state index contributed by atoms with van der Waals surface area (Å²) in [6.45, 7) is 3.14. The van der Waals surface area contributed by atoms with Crippen LogP contribution in [0.2, 0.25) is 5.02 Å². The molecule has 0 spiro atoms. The predicted octanol–water partition coefficient (Wildman–Crippen LogP) is 5.33. The average Bonchev–Trinajstić information content (AvgIpc) is 3.15. The van der Waals surface area contributed by atoms with Crippen LogP contribution in [0.5, 0.6) is 5.75 Å². The Hall–Kier alpha value is -2.23. The van der Waals surface area contributed by atoms with Crippen LogP contribution in [0, 0.1) is 5.92 Å². The molecule has 2 aromatic rings. The number of halogens is 3. The lowest BCUT2D eigenvalue weighted by Crippen LogP contribution is -2.45. The SMILES string of the molecule is CCCC(O)c1ccc(-c2c(Cl)c(C(=O)NCC3(O)CCC(C)CC3)nn2CC)c(OC(F)F)c1. The highest BCUT2D eigenvalue weighted by molar-refractivity contribution is 6.36. The molecule has 1 saturated carbocycles. The zero-order valence-corrected chi connectivity index (χ0v) is 21.1. The molecule has 1 unspecified atom stereocenters. The van der Waals surface area contributed by atoms with Crippen molar-refractivity contribution in [1.82, 2.24) is 15.1 Å². The maximum Gasteiger partial charge on any atom is 0.387 e. The molecular formula is C25H34ClF2N3O4. The van der Waals surface area contributed by atoms with Gasteiger partial charge in [-0.05, 0) is 62.6 Å². The third-order valence-corrected chi connectivity index (χ3v) is 6.97. The van der Waals surface area contributed by atoms with Crippen LogP contribution < -0.4 is 10.1 Å². The van der Waals surface area contributed by atoms with Gasteiger partial charge in [-0.2, -0.15) is 13.9 Å². The van der Waals surface area contributed by atoms with Crippen LogP contribution in [0.3, 0.4) is 0 Å². The third kappa shape index (κ3) is 6.51. The van der Waals surface area contributed by atoms with Crippen LogP contribution in [0.15, 0.2) is 18.2 Å². The number of hydrogen-bond donors (Lipinski definition) is 3. The molecule has 194 valence electrons. The van der Waals surface area contributed by atoms with E-state index in [-0.39, 0.29) is 34.3 Å². The van der Waals surface area contributed by atoms with Gasteiger partial charge in [0.2, 0.25) is 0 Å². The molecule has 1 aromatic heterocycles. The highest BCUT2D eigenvalue weighted by Crippen LogP contribution is 2.39. The first kappa shape index (κ1) is 27.4. The predicted molar refractivity (Wildman–Crippen MR) is 130 cm³/mol. The summed E-state index contributed by atoms with van der Waals surface area (Å²) in [4.78, 5) is 12.9. The number of amides is 1. The zero-order valence-electron chi connectivity index (χ0n) is 20.4. The van der Waals surface area contributed by atoms with Crippen molar-refractivity contribution in [3.8, 4) is 17.0 Å². The van der Waals surface area contributed by atoms with E-state index in [0.29, 0.717) is 37.3 Å². The molecule has 1 aromatic carbocycles. The Morgan fingerprint density at radius 2 is 2.03 bits per heavy atom. The Labute approximate surface area is 209 Å². The normalized spacial score (nSPS) is 21.2. The van der Waals surface area contributed by atoms with Gasteiger partial charge >= 0.3 is 6.61 Å². The average molecular weight is 514 g/mol. The Bertz CT molecular complexity index is 1020. The van der Waals surface area contributed by atoms with Crippen LogP contribution in [-0.2, 0) is 6.54 Å². The molecule has 1 amide bonds. The molecule has 3 rings (SSSR count). The van der Waals surface area contributed by atoms with Gasteiger partial charge < -0.3 is 20.3 Å². The molecule has 0 bridgehead atoms. The Morgan fingerprint density at radius 3 is 2.63 bits per heavy atom. The van der Waals surface area contributed by atoms with E-state index in [1.807, 2.05) is 6.92 Å². The van der Waals surface area contributed by atoms with Crippen molar-refractivity contribution < 1.29 is 28.5 Å². The molecule has 0 radical (unpaired) electrons. The molecule has 1 heterocycles. The molecule has 1 fully saturated rings. The second-order valence-electron chi connectivity index (χ2n) is 9.36. The maximum atomic E-state index is 13.2. The summed E-state index contributed by atoms with van der Waals surface area (Å²) >= 11 is 6.57. The van der Waals surface area contributed by atoms with Crippen molar-refractivity contribution in [2.24, 2.45) is 5.92 Å². The number of hydrogen-bond acceptors (Lipinski definition) is 5. The largest absolute Gasteiger partial charge is 0.434 e. The molecule has 35 heavy (non-hydrogen) atoms. The van der Waals surface area contributed by atoms with Gasteiger partial charge in [0.15, 0.2) is 5.69 Å². The van der Waals surface area contributed by atoms with E-state index >= 15 is 0 Å². The molecule has 1 aliphatic carbocycles. The van der Waals surface area contributed by atoms with Crippen LogP contribution >= 0.6 is 11.6 Å². The van der Waals surface area contributed by atoms with Gasteiger partial charge in [0, 0.05) is 18.7 Å². The number of carbonyl (C=O) groups excluding carboxylic acids is 1. The lowest BCUT2D eigenvalue weighted by atomic mass is 9.79. The first-order chi connectivity index (χ1) is 16.6. The van der Waals surface area contributed by atoms with Gasteiger partial charge in [-0.1, -0.05) is 37.9 Å². The minimum Gasteiger partial charge on any atom is -0.434 e. The van der Waals surface area contributed by atoms with Crippen molar-refractivity contribution in [2.45, 2.75) is 84.2 Å². The lowest BCUT2D eigenvalue weighted by molar-refractivity contribution is -0.0496. The number of aromatic nitrogens is 2. The number of rotatable bonds is 10. The summed E-state index contributed by atoms with van der Waals surface area (Å²) in [5.41, 5.74) is -0.0989. The van der Waals surface area contributed by atoms with Crippen molar-refractivity contribution in [1.29, 1.82) is 0 Å². The number of aryl methyl sites for hydroxylation is 1. The second kappa shape index (κ2) is 11.7. The molecular weight excluding hydrogens is 480 g/mol. The van der Waals surface area contributed by atoms with E-state index in [4.69, 9.17) is 16.3 Å². The minimum atomic E-state index is -3.09. The number of nitrogens with one attached hydrogen (secondary N) is 1. The van der Waals surface area contributed by atoms with Crippen LogP contribution in [0.4, 0.5) is 8.78 Å². The smallest absolute Gasteiger partial charge is 0.387 e. The van der Waals surface area contributed by atoms with E-state index < -0.39 is 24.2 Å². The molecule has 10 heteroatoms. The van der Waals surface area contributed by atoms with Crippen molar-refractivity contribution in [3.05, 3.63) is 34.5 Å². The van der Waals surface area contributed by atoms with E-state index in [9.17, 15) is 23.8 Å². The fourth-order valence-electron chi connectivity index (χ4n) is 4.45. The highest BCUT2D eigenvalue weighted by Gasteiger charge is 2.33. The first-order valence-corrected chi connectivity index (χ1v) is 12.5.